The van der Waals surface area contributed by atoms with E-state index in [4.69, 9.17) is 29.6 Å². The van der Waals surface area contributed by atoms with Crippen LogP contribution in [0.1, 0.15) is 5.56 Å². The van der Waals surface area contributed by atoms with E-state index >= 15 is 0 Å². The van der Waals surface area contributed by atoms with Gasteiger partial charge in [-0.15, -0.1) is 0 Å². The van der Waals surface area contributed by atoms with Crippen molar-refractivity contribution in [3.05, 3.63) is 35.0 Å². The molecule has 0 aliphatic carbocycles. The standard InChI is InChI=1S/C10H9ClN2S/c1-13-5-8(10(12)14)7-4-6(11)2-3-9(7)13/h2-5H,1H3,(H2,12,14). The fourth-order valence-corrected chi connectivity index (χ4v) is 1.90. The summed E-state index contributed by atoms with van der Waals surface area (Å²) < 4.78 is 1.99. The van der Waals surface area contributed by atoms with Crippen LogP contribution in [0.25, 0.3) is 10.9 Å². The summed E-state index contributed by atoms with van der Waals surface area (Å²) in [4.78, 5) is 0.401. The molecular formula is C10H9ClN2S. The first-order chi connectivity index (χ1) is 6.59. The van der Waals surface area contributed by atoms with Crippen molar-refractivity contribution in [1.29, 1.82) is 0 Å². The van der Waals surface area contributed by atoms with E-state index in [9.17, 15) is 0 Å². The van der Waals surface area contributed by atoms with Crippen LogP contribution >= 0.6 is 23.8 Å². The summed E-state index contributed by atoms with van der Waals surface area (Å²) in [6.07, 6.45) is 1.92. The van der Waals surface area contributed by atoms with Gasteiger partial charge in [0.1, 0.15) is 4.99 Å². The second-order valence-electron chi connectivity index (χ2n) is 3.18. The summed E-state index contributed by atoms with van der Waals surface area (Å²) in [6.45, 7) is 0. The van der Waals surface area contributed by atoms with Gasteiger partial charge in [-0.1, -0.05) is 23.8 Å². The van der Waals surface area contributed by atoms with Gasteiger partial charge in [0.15, 0.2) is 0 Å². The molecule has 1 aromatic heterocycles. The Morgan fingerprint density at radius 2 is 2.21 bits per heavy atom. The minimum Gasteiger partial charge on any atom is -0.389 e. The van der Waals surface area contributed by atoms with Crippen LogP contribution in [0.5, 0.6) is 0 Å². The van der Waals surface area contributed by atoms with Gasteiger partial charge in [-0.25, -0.2) is 0 Å². The van der Waals surface area contributed by atoms with E-state index in [1.807, 2.05) is 36.0 Å². The highest BCUT2D eigenvalue weighted by atomic mass is 35.5. The fraction of sp³-hybridized carbons (Fsp3) is 0.100. The first kappa shape index (κ1) is 9.49. The van der Waals surface area contributed by atoms with Crippen molar-refractivity contribution >= 4 is 39.7 Å². The molecule has 1 heterocycles. The number of benzene rings is 1. The smallest absolute Gasteiger partial charge is 0.106 e. The molecule has 2 rings (SSSR count). The second-order valence-corrected chi connectivity index (χ2v) is 4.06. The second kappa shape index (κ2) is 3.26. The Morgan fingerprint density at radius 3 is 2.86 bits per heavy atom. The molecule has 0 spiro atoms. The van der Waals surface area contributed by atoms with E-state index in [0.29, 0.717) is 10.0 Å². The molecule has 72 valence electrons. The van der Waals surface area contributed by atoms with Gasteiger partial charge in [0.2, 0.25) is 0 Å². The summed E-state index contributed by atoms with van der Waals surface area (Å²) in [6, 6.07) is 5.69. The maximum Gasteiger partial charge on any atom is 0.106 e. The third-order valence-corrected chi connectivity index (χ3v) is 2.67. The molecule has 0 radical (unpaired) electrons. The Labute approximate surface area is 92.3 Å². The van der Waals surface area contributed by atoms with Gasteiger partial charge in [0, 0.05) is 34.7 Å². The molecule has 2 N–H and O–H groups in total. The summed E-state index contributed by atoms with van der Waals surface area (Å²) in [5.41, 5.74) is 7.57. The Kier molecular flexibility index (Phi) is 2.21. The number of thiocarbonyl (C=S) groups is 1. The number of rotatable bonds is 1. The molecule has 0 aliphatic rings. The summed E-state index contributed by atoms with van der Waals surface area (Å²) in [5.74, 6) is 0. The van der Waals surface area contributed by atoms with Crippen LogP contribution in [-0.2, 0) is 7.05 Å². The minimum absolute atomic E-state index is 0.401. The van der Waals surface area contributed by atoms with Crippen molar-refractivity contribution in [3.8, 4) is 0 Å². The quantitative estimate of drug-likeness (QED) is 0.755. The van der Waals surface area contributed by atoms with E-state index in [0.717, 1.165) is 16.5 Å². The third kappa shape index (κ3) is 1.38. The number of hydrogen-bond acceptors (Lipinski definition) is 1. The zero-order valence-corrected chi connectivity index (χ0v) is 9.19. The SMILES string of the molecule is Cn1cc(C(N)=S)c2cc(Cl)ccc21. The number of fused-ring (bicyclic) bond motifs is 1. The largest absolute Gasteiger partial charge is 0.389 e. The summed E-state index contributed by atoms with van der Waals surface area (Å²) in [7, 11) is 1.96. The minimum atomic E-state index is 0.401. The lowest BCUT2D eigenvalue weighted by Crippen LogP contribution is -2.08. The topological polar surface area (TPSA) is 30.9 Å². The lowest BCUT2D eigenvalue weighted by atomic mass is 10.2. The van der Waals surface area contributed by atoms with Gasteiger partial charge < -0.3 is 10.3 Å². The highest BCUT2D eigenvalue weighted by molar-refractivity contribution is 7.80. The molecule has 0 aliphatic heterocycles. The van der Waals surface area contributed by atoms with Gasteiger partial charge in [-0.05, 0) is 18.2 Å². The number of nitrogens with zero attached hydrogens (tertiary/aromatic N) is 1. The van der Waals surface area contributed by atoms with Gasteiger partial charge in [0.25, 0.3) is 0 Å². The molecule has 14 heavy (non-hydrogen) atoms. The van der Waals surface area contributed by atoms with E-state index < -0.39 is 0 Å². The Bertz CT molecular complexity index is 516. The van der Waals surface area contributed by atoms with Crippen LogP contribution in [0.2, 0.25) is 5.02 Å². The van der Waals surface area contributed by atoms with E-state index in [-0.39, 0.29) is 0 Å². The molecule has 0 saturated carbocycles. The number of aryl methyl sites for hydroxylation is 1. The van der Waals surface area contributed by atoms with Crippen LogP contribution < -0.4 is 5.73 Å². The molecule has 0 unspecified atom stereocenters. The predicted molar refractivity (Wildman–Crippen MR) is 63.8 cm³/mol. The lowest BCUT2D eigenvalue weighted by Gasteiger charge is -1.96. The van der Waals surface area contributed by atoms with Crippen molar-refractivity contribution in [1.82, 2.24) is 4.57 Å². The van der Waals surface area contributed by atoms with Gasteiger partial charge in [-0.3, -0.25) is 0 Å². The van der Waals surface area contributed by atoms with E-state index in [2.05, 4.69) is 0 Å². The first-order valence-corrected chi connectivity index (χ1v) is 4.92. The van der Waals surface area contributed by atoms with Crippen LogP contribution in [0.4, 0.5) is 0 Å². The number of nitrogens with two attached hydrogens (primary N) is 1. The highest BCUT2D eigenvalue weighted by Crippen LogP contribution is 2.24. The molecular weight excluding hydrogens is 216 g/mol. The molecule has 0 saturated heterocycles. The van der Waals surface area contributed by atoms with Gasteiger partial charge in [0.05, 0.1) is 0 Å². The van der Waals surface area contributed by atoms with Crippen molar-refractivity contribution < 1.29 is 0 Å². The van der Waals surface area contributed by atoms with Crippen LogP contribution in [0, 0.1) is 0 Å². The molecule has 0 bridgehead atoms. The average Bonchev–Trinajstić information content (AvgIpc) is 2.43. The van der Waals surface area contributed by atoms with Gasteiger partial charge >= 0.3 is 0 Å². The molecule has 0 fully saturated rings. The Balaban J connectivity index is 2.85. The van der Waals surface area contributed by atoms with Crippen molar-refractivity contribution in [3.63, 3.8) is 0 Å². The van der Waals surface area contributed by atoms with Crippen molar-refractivity contribution in [2.24, 2.45) is 12.8 Å². The lowest BCUT2D eigenvalue weighted by molar-refractivity contribution is 0.968. The van der Waals surface area contributed by atoms with Crippen LogP contribution in [0.3, 0.4) is 0 Å². The van der Waals surface area contributed by atoms with Crippen LogP contribution in [0.15, 0.2) is 24.4 Å². The number of halogens is 1. The van der Waals surface area contributed by atoms with Crippen molar-refractivity contribution in [2.75, 3.05) is 0 Å². The maximum absolute atomic E-state index is 5.91. The van der Waals surface area contributed by atoms with E-state index in [1.54, 1.807) is 0 Å². The average molecular weight is 225 g/mol. The van der Waals surface area contributed by atoms with Crippen molar-refractivity contribution in [2.45, 2.75) is 0 Å². The maximum atomic E-state index is 5.91. The predicted octanol–water partition coefficient (Wildman–Crippen LogP) is 2.47. The molecule has 1 aromatic carbocycles. The molecule has 0 amide bonds. The molecule has 2 aromatic rings. The zero-order chi connectivity index (χ0) is 10.3. The van der Waals surface area contributed by atoms with Crippen LogP contribution in [-0.4, -0.2) is 9.56 Å². The molecule has 4 heteroatoms. The number of hydrogen-bond donors (Lipinski definition) is 1. The molecule has 0 atom stereocenters. The molecule has 2 nitrogen and oxygen atoms in total. The fourth-order valence-electron chi connectivity index (χ4n) is 1.56. The Hall–Kier alpha value is -1.06. The first-order valence-electron chi connectivity index (χ1n) is 4.14. The monoisotopic (exact) mass is 224 g/mol. The summed E-state index contributed by atoms with van der Waals surface area (Å²) >= 11 is 10.9. The van der Waals surface area contributed by atoms with E-state index in [1.165, 1.54) is 0 Å². The summed E-state index contributed by atoms with van der Waals surface area (Å²) in [5, 5.41) is 1.70. The van der Waals surface area contributed by atoms with Gasteiger partial charge in [-0.2, -0.15) is 0 Å². The zero-order valence-electron chi connectivity index (χ0n) is 7.62. The normalized spacial score (nSPS) is 10.7. The number of aromatic nitrogens is 1. The Morgan fingerprint density at radius 1 is 1.50 bits per heavy atom. The third-order valence-electron chi connectivity index (χ3n) is 2.22. The highest BCUT2D eigenvalue weighted by Gasteiger charge is 2.08.